The molecule has 6 rings (SSSR count). The Morgan fingerprint density at radius 2 is 1.77 bits per heavy atom. The van der Waals surface area contributed by atoms with Gasteiger partial charge in [-0.1, -0.05) is 13.3 Å². The number of piperidine rings is 2. The van der Waals surface area contributed by atoms with E-state index in [-0.39, 0.29) is 23.7 Å². The Morgan fingerprint density at radius 1 is 1.07 bits per heavy atom. The Hall–Kier alpha value is -2.69. The molecular formula is C33H46N2O8. The smallest absolute Gasteiger partial charge is 0.340 e. The van der Waals surface area contributed by atoms with Crippen LogP contribution in [-0.4, -0.2) is 102 Å². The number of esters is 2. The van der Waals surface area contributed by atoms with Crippen molar-refractivity contribution in [3.05, 3.63) is 34.3 Å². The molecule has 0 radical (unpaired) electrons. The van der Waals surface area contributed by atoms with Crippen molar-refractivity contribution in [1.29, 1.82) is 0 Å². The van der Waals surface area contributed by atoms with Crippen LogP contribution in [0.2, 0.25) is 0 Å². The molecule has 0 aromatic carbocycles. The summed E-state index contributed by atoms with van der Waals surface area (Å²) in [5, 5.41) is 22.8. The maximum absolute atomic E-state index is 14.2. The second-order valence-corrected chi connectivity index (χ2v) is 13.8. The van der Waals surface area contributed by atoms with Gasteiger partial charge in [-0.05, 0) is 76.5 Å². The molecule has 6 unspecified atom stereocenters. The number of aliphatic hydroxyl groups is 2. The van der Waals surface area contributed by atoms with Crippen LogP contribution in [0.3, 0.4) is 0 Å². The number of carbonyl (C=O) groups excluding carboxylic acids is 3. The van der Waals surface area contributed by atoms with Crippen molar-refractivity contribution in [3.8, 4) is 0 Å². The van der Waals surface area contributed by atoms with Crippen LogP contribution in [0.4, 0.5) is 0 Å². The van der Waals surface area contributed by atoms with Crippen LogP contribution in [0.25, 0.3) is 0 Å². The van der Waals surface area contributed by atoms with E-state index in [4.69, 9.17) is 14.2 Å². The van der Waals surface area contributed by atoms with Crippen LogP contribution in [-0.2, 0) is 28.6 Å². The van der Waals surface area contributed by atoms with Crippen molar-refractivity contribution >= 4 is 17.7 Å². The molecule has 43 heavy (non-hydrogen) atoms. The van der Waals surface area contributed by atoms with E-state index in [0.717, 1.165) is 39.0 Å². The third-order valence-electron chi connectivity index (χ3n) is 11.4. The molecule has 6 atom stereocenters. The largest absolute Gasteiger partial charge is 0.504 e. The average molecular weight is 599 g/mol. The van der Waals surface area contributed by atoms with E-state index in [0.29, 0.717) is 36.5 Å². The number of likely N-dealkylation sites (tertiary alicyclic amines) is 2. The molecule has 1 saturated carbocycles. The SMILES string of the molecule is COCC1OC(=O)/C(=C\N2CCC(N3CCCCC3)CC2)C2=C(O)C(=O)C3=C(C(OC(C)=O)CC4(C)C(O)CCC34)C21C. The lowest BCUT2D eigenvalue weighted by molar-refractivity contribution is -0.161. The second-order valence-electron chi connectivity index (χ2n) is 13.8. The monoisotopic (exact) mass is 598 g/mol. The molecule has 0 amide bonds. The first kappa shape index (κ1) is 30.3. The normalized spacial score (nSPS) is 38.2. The summed E-state index contributed by atoms with van der Waals surface area (Å²) in [5.74, 6) is -2.49. The molecule has 4 fully saturated rings. The Balaban J connectivity index is 1.42. The summed E-state index contributed by atoms with van der Waals surface area (Å²) in [6.45, 7) is 8.91. The lowest BCUT2D eigenvalue weighted by atomic mass is 9.53. The fourth-order valence-corrected chi connectivity index (χ4v) is 9.12. The maximum Gasteiger partial charge on any atom is 0.340 e. The van der Waals surface area contributed by atoms with Gasteiger partial charge >= 0.3 is 11.9 Å². The van der Waals surface area contributed by atoms with Gasteiger partial charge in [0, 0.05) is 55.9 Å². The number of aliphatic hydroxyl groups excluding tert-OH is 2. The number of ether oxygens (including phenoxy) is 3. The van der Waals surface area contributed by atoms with E-state index in [2.05, 4.69) is 9.80 Å². The number of nitrogens with zero attached hydrogens (tertiary/aromatic N) is 2. The van der Waals surface area contributed by atoms with Gasteiger partial charge in [0.15, 0.2) is 5.76 Å². The fraction of sp³-hybridized carbons (Fsp3) is 0.727. The average Bonchev–Trinajstić information content (AvgIpc) is 3.27. The molecule has 0 aromatic rings. The molecule has 3 aliphatic heterocycles. The van der Waals surface area contributed by atoms with Crippen molar-refractivity contribution in [1.82, 2.24) is 9.80 Å². The van der Waals surface area contributed by atoms with Crippen molar-refractivity contribution < 1.29 is 38.8 Å². The predicted molar refractivity (Wildman–Crippen MR) is 157 cm³/mol. The van der Waals surface area contributed by atoms with Crippen LogP contribution in [0, 0.1) is 16.7 Å². The Bertz CT molecular complexity index is 1270. The van der Waals surface area contributed by atoms with Gasteiger partial charge < -0.3 is 34.2 Å². The van der Waals surface area contributed by atoms with E-state index >= 15 is 0 Å². The van der Waals surface area contributed by atoms with Crippen molar-refractivity contribution in [2.24, 2.45) is 16.7 Å². The third-order valence-corrected chi connectivity index (χ3v) is 11.4. The zero-order chi connectivity index (χ0) is 30.7. The zero-order valence-corrected chi connectivity index (χ0v) is 25.9. The van der Waals surface area contributed by atoms with Crippen LogP contribution in [0.5, 0.6) is 0 Å². The summed E-state index contributed by atoms with van der Waals surface area (Å²) in [7, 11) is 1.51. The van der Waals surface area contributed by atoms with Gasteiger partial charge in [0.25, 0.3) is 0 Å². The summed E-state index contributed by atoms with van der Waals surface area (Å²) in [6.07, 6.45) is 6.48. The highest BCUT2D eigenvalue weighted by Crippen LogP contribution is 2.63. The number of ketones is 1. The molecule has 10 nitrogen and oxygen atoms in total. The summed E-state index contributed by atoms with van der Waals surface area (Å²) in [4.78, 5) is 44.9. The number of carbonyl (C=O) groups is 3. The van der Waals surface area contributed by atoms with Gasteiger partial charge in [0.2, 0.25) is 5.78 Å². The lowest BCUT2D eigenvalue weighted by Crippen LogP contribution is -2.57. The molecule has 236 valence electrons. The van der Waals surface area contributed by atoms with Gasteiger partial charge in [-0.15, -0.1) is 0 Å². The van der Waals surface area contributed by atoms with Crippen molar-refractivity contribution in [2.75, 3.05) is 39.9 Å². The molecule has 3 aliphatic carbocycles. The predicted octanol–water partition coefficient (Wildman–Crippen LogP) is 3.20. The van der Waals surface area contributed by atoms with Gasteiger partial charge in [-0.25, -0.2) is 4.79 Å². The van der Waals surface area contributed by atoms with Crippen LogP contribution in [0.15, 0.2) is 34.3 Å². The molecule has 3 heterocycles. The standard InChI is InChI=1S/C33H46N2O8/c1-19(36)42-23-16-32(2)22(8-9-24(32)37)26-28(23)33(3)25(18-41-4)43-31(40)21(27(33)30(39)29(26)38)17-34-14-10-20(11-15-34)35-12-6-5-7-13-35/h17,20,22-25,37,39H,5-16,18H2,1-4H3/b21-17-. The Morgan fingerprint density at radius 3 is 2.42 bits per heavy atom. The Labute approximate surface area is 253 Å². The number of Topliss-reactive ketones (excluding diaryl/α,β-unsaturated/α-hetero) is 1. The summed E-state index contributed by atoms with van der Waals surface area (Å²) < 4.78 is 17.5. The topological polar surface area (TPSA) is 126 Å². The van der Waals surface area contributed by atoms with E-state index < -0.39 is 52.6 Å². The van der Waals surface area contributed by atoms with E-state index in [1.165, 1.54) is 33.3 Å². The number of hydrogen-bond donors (Lipinski definition) is 2. The molecular weight excluding hydrogens is 552 g/mol. The first-order valence-electron chi connectivity index (χ1n) is 16.0. The summed E-state index contributed by atoms with van der Waals surface area (Å²) in [5.41, 5.74) is -0.591. The minimum absolute atomic E-state index is 0.0237. The van der Waals surface area contributed by atoms with E-state index in [1.807, 2.05) is 13.8 Å². The van der Waals surface area contributed by atoms with Gasteiger partial charge in [-0.2, -0.15) is 0 Å². The molecule has 6 aliphatic rings. The van der Waals surface area contributed by atoms with Crippen molar-refractivity contribution in [3.63, 3.8) is 0 Å². The molecule has 3 saturated heterocycles. The quantitative estimate of drug-likeness (QED) is 0.360. The number of hydrogen-bond acceptors (Lipinski definition) is 10. The minimum Gasteiger partial charge on any atom is -0.504 e. The Kier molecular flexibility index (Phi) is 8.01. The molecule has 0 aromatic heterocycles. The first-order valence-corrected chi connectivity index (χ1v) is 16.0. The highest BCUT2D eigenvalue weighted by atomic mass is 16.6. The third kappa shape index (κ3) is 4.84. The van der Waals surface area contributed by atoms with Crippen LogP contribution < -0.4 is 0 Å². The molecule has 2 N–H and O–H groups in total. The lowest BCUT2D eigenvalue weighted by Gasteiger charge is -2.54. The van der Waals surface area contributed by atoms with Gasteiger partial charge in [0.05, 0.1) is 23.7 Å². The van der Waals surface area contributed by atoms with Crippen LogP contribution >= 0.6 is 0 Å². The van der Waals surface area contributed by atoms with Crippen LogP contribution in [0.1, 0.15) is 72.1 Å². The molecule has 0 bridgehead atoms. The minimum atomic E-state index is -1.19. The summed E-state index contributed by atoms with van der Waals surface area (Å²) >= 11 is 0. The maximum atomic E-state index is 14.2. The fourth-order valence-electron chi connectivity index (χ4n) is 9.12. The highest BCUT2D eigenvalue weighted by molar-refractivity contribution is 6.13. The molecule has 0 spiro atoms. The van der Waals surface area contributed by atoms with E-state index in [9.17, 15) is 24.6 Å². The van der Waals surface area contributed by atoms with Gasteiger partial charge in [0.1, 0.15) is 12.2 Å². The number of fused-ring (bicyclic) bond motifs is 4. The number of cyclic esters (lactones) is 1. The number of allylic oxidation sites excluding steroid dienone is 1. The number of methoxy groups -OCH3 is 1. The first-order chi connectivity index (χ1) is 20.5. The zero-order valence-electron chi connectivity index (χ0n) is 25.9. The summed E-state index contributed by atoms with van der Waals surface area (Å²) in [6, 6.07) is 0.518. The van der Waals surface area contributed by atoms with Crippen molar-refractivity contribution in [2.45, 2.75) is 96.5 Å². The van der Waals surface area contributed by atoms with E-state index in [1.54, 1.807) is 6.20 Å². The number of rotatable bonds is 5. The van der Waals surface area contributed by atoms with Gasteiger partial charge in [-0.3, -0.25) is 9.59 Å². The second kappa shape index (κ2) is 11.3. The highest BCUT2D eigenvalue weighted by Gasteiger charge is 2.64. The molecule has 10 heteroatoms.